The second kappa shape index (κ2) is 14.3. The molecule has 14 rings (SSSR count). The topological polar surface area (TPSA) is 21.3 Å². The number of benzene rings is 10. The Bertz CT molecular complexity index is 4150. The lowest BCUT2D eigenvalue weighted by atomic mass is 9.97. The van der Waals surface area contributed by atoms with Crippen molar-refractivity contribution in [2.75, 3.05) is 4.90 Å². The molecule has 65 heavy (non-hydrogen) atoms. The van der Waals surface area contributed by atoms with Crippen molar-refractivity contribution in [3.8, 4) is 27.9 Å². The summed E-state index contributed by atoms with van der Waals surface area (Å²) in [5.74, 6) is 0. The predicted octanol–water partition coefficient (Wildman–Crippen LogP) is 18.2. The fourth-order valence-electron chi connectivity index (χ4n) is 10.3. The molecule has 304 valence electrons. The van der Waals surface area contributed by atoms with Gasteiger partial charge in [0.2, 0.25) is 0 Å². The van der Waals surface area contributed by atoms with Crippen molar-refractivity contribution in [1.82, 2.24) is 4.57 Å². The van der Waals surface area contributed by atoms with Crippen molar-refractivity contribution in [2.24, 2.45) is 0 Å². The summed E-state index contributed by atoms with van der Waals surface area (Å²) in [5, 5.41) is 9.86. The van der Waals surface area contributed by atoms with Gasteiger partial charge in [-0.1, -0.05) is 152 Å². The molecule has 0 radical (unpaired) electrons. The molecule has 0 aliphatic rings. The van der Waals surface area contributed by atoms with E-state index in [0.717, 1.165) is 55.8 Å². The highest BCUT2D eigenvalue weighted by Gasteiger charge is 2.25. The highest BCUT2D eigenvalue weighted by atomic mass is 32.1. The van der Waals surface area contributed by atoms with E-state index in [0.29, 0.717) is 0 Å². The fourth-order valence-corrected chi connectivity index (χ4v) is 12.8. The van der Waals surface area contributed by atoms with Crippen LogP contribution < -0.4 is 4.90 Å². The third-order valence-electron chi connectivity index (χ3n) is 13.2. The highest BCUT2D eigenvalue weighted by molar-refractivity contribution is 7.27. The van der Waals surface area contributed by atoms with Crippen molar-refractivity contribution in [1.29, 1.82) is 0 Å². The van der Waals surface area contributed by atoms with Gasteiger partial charge in [0.15, 0.2) is 0 Å². The summed E-state index contributed by atoms with van der Waals surface area (Å²) in [7, 11) is 0. The summed E-state index contributed by atoms with van der Waals surface area (Å²) in [4.78, 5) is 2.51. The maximum Gasteiger partial charge on any atom is 0.143 e. The van der Waals surface area contributed by atoms with Crippen molar-refractivity contribution < 1.29 is 4.42 Å². The largest absolute Gasteiger partial charge is 0.455 e. The Balaban J connectivity index is 1.03. The third-order valence-corrected chi connectivity index (χ3v) is 15.6. The monoisotopic (exact) mass is 864 g/mol. The molecule has 4 aromatic heterocycles. The van der Waals surface area contributed by atoms with Crippen molar-refractivity contribution >= 4 is 124 Å². The number of nitrogens with zero attached hydrogens (tertiary/aromatic N) is 2. The molecule has 0 N–H and O–H groups in total. The van der Waals surface area contributed by atoms with Crippen LogP contribution in [0.3, 0.4) is 0 Å². The van der Waals surface area contributed by atoms with E-state index in [1.165, 1.54) is 73.3 Å². The summed E-state index contributed by atoms with van der Waals surface area (Å²) in [6.45, 7) is 0. The number of fused-ring (bicyclic) bond motifs is 12. The summed E-state index contributed by atoms with van der Waals surface area (Å²) in [6, 6.07) is 79.7. The first-order chi connectivity index (χ1) is 32.2. The van der Waals surface area contributed by atoms with Crippen LogP contribution in [0.4, 0.5) is 17.1 Å². The minimum atomic E-state index is 0.903. The standard InChI is InChI=1S/C60H36N2OS2/c1-6-24-50-42(16-1)43-17-2-7-25-51(43)62(50)40-15-11-14-38(36-40)57-52(35-34-49-46-20-5-10-29-56(46)65-60(49)57)61(53-26-13-23-48-45-19-4-9-28-55(45)64-59(48)53)39-32-30-37(31-33-39)41-21-12-22-47-44-18-3-8-27-54(44)63-58(41)47/h1-36H. The van der Waals surface area contributed by atoms with Crippen LogP contribution in [0.5, 0.6) is 0 Å². The maximum absolute atomic E-state index is 6.54. The van der Waals surface area contributed by atoms with Gasteiger partial charge in [-0.05, 0) is 77.9 Å². The van der Waals surface area contributed by atoms with Gasteiger partial charge in [-0.15, -0.1) is 22.7 Å². The van der Waals surface area contributed by atoms with Crippen molar-refractivity contribution in [3.63, 3.8) is 0 Å². The summed E-state index contributed by atoms with van der Waals surface area (Å²) in [6.07, 6.45) is 0. The van der Waals surface area contributed by atoms with Gasteiger partial charge in [0.1, 0.15) is 11.2 Å². The summed E-state index contributed by atoms with van der Waals surface area (Å²) >= 11 is 3.75. The van der Waals surface area contributed by atoms with Crippen LogP contribution in [0.25, 0.3) is 112 Å². The molecule has 0 atom stereocenters. The van der Waals surface area contributed by atoms with Gasteiger partial charge in [-0.2, -0.15) is 0 Å². The zero-order valence-electron chi connectivity index (χ0n) is 34.9. The van der Waals surface area contributed by atoms with Crippen LogP contribution >= 0.6 is 22.7 Å². The zero-order valence-corrected chi connectivity index (χ0v) is 36.5. The quantitative estimate of drug-likeness (QED) is 0.166. The fraction of sp³-hybridized carbons (Fsp3) is 0. The molecule has 14 aromatic rings. The average molecular weight is 865 g/mol. The van der Waals surface area contributed by atoms with Crippen LogP contribution in [-0.2, 0) is 0 Å². The lowest BCUT2D eigenvalue weighted by Crippen LogP contribution is -2.11. The van der Waals surface area contributed by atoms with E-state index in [2.05, 4.69) is 222 Å². The van der Waals surface area contributed by atoms with E-state index in [1.54, 1.807) is 0 Å². The lowest BCUT2D eigenvalue weighted by Gasteiger charge is -2.29. The van der Waals surface area contributed by atoms with Gasteiger partial charge in [0, 0.05) is 79.7 Å². The lowest BCUT2D eigenvalue weighted by molar-refractivity contribution is 0.670. The van der Waals surface area contributed by atoms with Crippen LogP contribution in [0, 0.1) is 0 Å². The van der Waals surface area contributed by atoms with Gasteiger partial charge in [0.05, 0.1) is 27.1 Å². The Morgan fingerprint density at radius 1 is 0.385 bits per heavy atom. The second-order valence-electron chi connectivity index (χ2n) is 16.8. The molecular weight excluding hydrogens is 829 g/mol. The van der Waals surface area contributed by atoms with Gasteiger partial charge in [-0.25, -0.2) is 0 Å². The number of rotatable bonds is 6. The second-order valence-corrected chi connectivity index (χ2v) is 18.9. The number of anilines is 3. The van der Waals surface area contributed by atoms with Crippen molar-refractivity contribution in [2.45, 2.75) is 0 Å². The Morgan fingerprint density at radius 3 is 1.72 bits per heavy atom. The van der Waals surface area contributed by atoms with Crippen LogP contribution in [-0.4, -0.2) is 4.57 Å². The van der Waals surface area contributed by atoms with E-state index >= 15 is 0 Å². The Hall–Kier alpha value is -7.96. The van der Waals surface area contributed by atoms with E-state index in [-0.39, 0.29) is 0 Å². The molecule has 0 amide bonds. The van der Waals surface area contributed by atoms with Crippen LogP contribution in [0.2, 0.25) is 0 Å². The van der Waals surface area contributed by atoms with E-state index < -0.39 is 0 Å². The smallest absolute Gasteiger partial charge is 0.143 e. The van der Waals surface area contributed by atoms with Crippen LogP contribution in [0.15, 0.2) is 223 Å². The zero-order chi connectivity index (χ0) is 42.6. The first-order valence-electron chi connectivity index (χ1n) is 22.0. The molecule has 0 aliphatic carbocycles. The van der Waals surface area contributed by atoms with Gasteiger partial charge in [0.25, 0.3) is 0 Å². The molecule has 3 nitrogen and oxygen atoms in total. The van der Waals surface area contributed by atoms with E-state index in [9.17, 15) is 0 Å². The number of hydrogen-bond acceptors (Lipinski definition) is 4. The molecular formula is C60H36N2OS2. The first kappa shape index (κ1) is 36.5. The number of thiophene rings is 2. The minimum Gasteiger partial charge on any atom is -0.455 e. The average Bonchev–Trinajstić information content (AvgIpc) is 4.14. The highest BCUT2D eigenvalue weighted by Crippen LogP contribution is 2.52. The Labute approximate surface area is 381 Å². The SMILES string of the molecule is c1cc(-c2c(N(c3ccc(-c4cccc5c4oc4ccccc45)cc3)c3cccc4c3sc3ccccc34)ccc3c2sc2ccccc23)cc(-n2c3ccccc3c3ccccc32)c1. The molecule has 0 saturated carbocycles. The molecule has 5 heteroatoms. The maximum atomic E-state index is 6.54. The summed E-state index contributed by atoms with van der Waals surface area (Å²) in [5.41, 5.74) is 13.3. The molecule has 0 saturated heterocycles. The molecule has 0 unspecified atom stereocenters. The number of aromatic nitrogens is 1. The minimum absolute atomic E-state index is 0.903. The van der Waals surface area contributed by atoms with Gasteiger partial charge < -0.3 is 13.9 Å². The number of para-hydroxylation sites is 4. The Kier molecular flexibility index (Phi) is 8.02. The van der Waals surface area contributed by atoms with Gasteiger partial charge >= 0.3 is 0 Å². The van der Waals surface area contributed by atoms with E-state index in [4.69, 9.17) is 4.42 Å². The predicted molar refractivity (Wildman–Crippen MR) is 279 cm³/mol. The molecule has 10 aromatic carbocycles. The normalized spacial score (nSPS) is 12.0. The molecule has 0 fully saturated rings. The third kappa shape index (κ3) is 5.53. The Morgan fingerprint density at radius 2 is 0.969 bits per heavy atom. The number of hydrogen-bond donors (Lipinski definition) is 0. The van der Waals surface area contributed by atoms with Crippen molar-refractivity contribution in [3.05, 3.63) is 218 Å². The first-order valence-corrected chi connectivity index (χ1v) is 23.6. The number of furan rings is 1. The molecule has 0 spiro atoms. The molecule has 0 bridgehead atoms. The molecule has 4 heterocycles. The molecule has 0 aliphatic heterocycles. The van der Waals surface area contributed by atoms with Gasteiger partial charge in [-0.3, -0.25) is 0 Å². The summed E-state index contributed by atoms with van der Waals surface area (Å²) < 4.78 is 14.0. The van der Waals surface area contributed by atoms with Crippen LogP contribution in [0.1, 0.15) is 0 Å². The van der Waals surface area contributed by atoms with E-state index in [1.807, 2.05) is 28.7 Å².